The lowest BCUT2D eigenvalue weighted by atomic mass is 10.2. The van der Waals surface area contributed by atoms with Gasteiger partial charge in [0.15, 0.2) is 16.6 Å². The number of carbonyl (C=O) groups excluding carboxylic acids is 1. The number of halogens is 1. The highest BCUT2D eigenvalue weighted by molar-refractivity contribution is 6.34. The van der Waals surface area contributed by atoms with Gasteiger partial charge in [0.05, 0.1) is 5.39 Å². The van der Waals surface area contributed by atoms with E-state index in [0.717, 1.165) is 10.9 Å². The largest absolute Gasteiger partial charge is 0.470 e. The fourth-order valence-electron chi connectivity index (χ4n) is 1.59. The number of hydrogen-bond donors (Lipinski definition) is 0. The Hall–Kier alpha value is -1.62. The van der Waals surface area contributed by atoms with E-state index in [9.17, 15) is 4.79 Å². The summed E-state index contributed by atoms with van der Waals surface area (Å²) in [6.45, 7) is 3.38. The Bertz CT molecular complexity index is 592. The molecule has 0 bridgehead atoms. The first kappa shape index (κ1) is 11.9. The molecule has 0 radical (unpaired) electrons. The molecular formula is C11H12ClN3O2. The van der Waals surface area contributed by atoms with Crippen LogP contribution in [0.2, 0.25) is 5.15 Å². The van der Waals surface area contributed by atoms with Gasteiger partial charge < -0.3 is 4.74 Å². The Balaban J connectivity index is 2.47. The number of rotatable bonds is 3. The molecule has 6 heteroatoms. The molecule has 0 amide bonds. The van der Waals surface area contributed by atoms with E-state index >= 15 is 0 Å². The number of nitrogens with zero attached hydrogens (tertiary/aromatic N) is 3. The minimum absolute atomic E-state index is 0.0174. The van der Waals surface area contributed by atoms with Crippen LogP contribution < -0.4 is 4.74 Å². The first-order valence-corrected chi connectivity index (χ1v) is 5.49. The van der Waals surface area contributed by atoms with Crippen molar-refractivity contribution in [2.45, 2.75) is 13.8 Å². The summed E-state index contributed by atoms with van der Waals surface area (Å²) in [4.78, 5) is 15.1. The molecule has 0 aromatic carbocycles. The molecule has 0 aliphatic rings. The second kappa shape index (κ2) is 4.33. The van der Waals surface area contributed by atoms with Crippen molar-refractivity contribution in [3.8, 4) is 5.88 Å². The predicted molar refractivity (Wildman–Crippen MR) is 64.4 cm³/mol. The number of ether oxygens (including phenoxy) is 1. The molecule has 0 aliphatic heterocycles. The van der Waals surface area contributed by atoms with Gasteiger partial charge in [0.2, 0.25) is 5.88 Å². The number of carbonyl (C=O) groups is 1. The normalized spacial score (nSPS) is 10.8. The van der Waals surface area contributed by atoms with E-state index in [-0.39, 0.29) is 12.4 Å². The van der Waals surface area contributed by atoms with Crippen LogP contribution in [-0.2, 0) is 11.8 Å². The molecule has 0 N–H and O–H groups in total. The summed E-state index contributed by atoms with van der Waals surface area (Å²) in [5.74, 6) is 0.359. The van der Waals surface area contributed by atoms with Gasteiger partial charge >= 0.3 is 0 Å². The number of hydrogen-bond acceptors (Lipinski definition) is 4. The van der Waals surface area contributed by atoms with Crippen LogP contribution in [-0.4, -0.2) is 27.2 Å². The van der Waals surface area contributed by atoms with Crippen LogP contribution in [0.3, 0.4) is 0 Å². The summed E-state index contributed by atoms with van der Waals surface area (Å²) in [5.41, 5.74) is 1.57. The molecule has 2 heterocycles. The highest BCUT2D eigenvalue weighted by Gasteiger charge is 2.12. The second-order valence-corrected chi connectivity index (χ2v) is 4.24. The van der Waals surface area contributed by atoms with Crippen molar-refractivity contribution in [3.05, 3.63) is 16.8 Å². The highest BCUT2D eigenvalue weighted by Crippen LogP contribution is 2.27. The number of fused-ring (bicyclic) bond motifs is 1. The topological polar surface area (TPSA) is 57.0 Å². The summed E-state index contributed by atoms with van der Waals surface area (Å²) in [5, 5.41) is 5.32. The Morgan fingerprint density at radius 2 is 2.29 bits per heavy atom. The van der Waals surface area contributed by atoms with Gasteiger partial charge in [0.25, 0.3) is 0 Å². The van der Waals surface area contributed by atoms with E-state index in [0.29, 0.717) is 16.7 Å². The third-order valence-corrected chi connectivity index (χ3v) is 2.61. The van der Waals surface area contributed by atoms with Crippen LogP contribution in [0.25, 0.3) is 11.0 Å². The average Bonchev–Trinajstić information content (AvgIpc) is 2.52. The average molecular weight is 254 g/mol. The number of ketones is 1. The van der Waals surface area contributed by atoms with Crippen LogP contribution in [0.1, 0.15) is 12.5 Å². The zero-order valence-electron chi connectivity index (χ0n) is 9.82. The summed E-state index contributed by atoms with van der Waals surface area (Å²) < 4.78 is 6.86. The molecule has 2 aromatic rings. The number of pyridine rings is 1. The lowest BCUT2D eigenvalue weighted by Gasteiger charge is -2.05. The molecule has 90 valence electrons. The molecule has 17 heavy (non-hydrogen) atoms. The molecule has 2 aromatic heterocycles. The molecule has 0 aliphatic carbocycles. The van der Waals surface area contributed by atoms with Gasteiger partial charge in [0.1, 0.15) is 6.61 Å². The second-order valence-electron chi connectivity index (χ2n) is 3.88. The van der Waals surface area contributed by atoms with Crippen LogP contribution in [0.5, 0.6) is 5.88 Å². The predicted octanol–water partition coefficient (Wildman–Crippen LogP) is 1.90. The quantitative estimate of drug-likeness (QED) is 0.838. The molecule has 0 atom stereocenters. The van der Waals surface area contributed by atoms with Gasteiger partial charge in [-0.3, -0.25) is 4.79 Å². The number of aromatic nitrogens is 3. The summed E-state index contributed by atoms with van der Waals surface area (Å²) in [6.07, 6.45) is 0. The number of Topliss-reactive ketones (excluding diaryl/α,β-unsaturated/α-hetero) is 1. The molecule has 0 unspecified atom stereocenters. The van der Waals surface area contributed by atoms with Crippen molar-refractivity contribution in [2.24, 2.45) is 7.05 Å². The van der Waals surface area contributed by atoms with Crippen molar-refractivity contribution in [1.82, 2.24) is 14.8 Å². The molecular weight excluding hydrogens is 242 g/mol. The minimum Gasteiger partial charge on any atom is -0.470 e. The standard InChI is InChI=1S/C11H12ClN3O2/c1-6-4-8(17-5-7(2)16)13-11-9(6)10(12)14-15(11)3/h4H,5H2,1-3H3. The molecule has 5 nitrogen and oxygen atoms in total. The molecule has 0 fully saturated rings. The summed E-state index contributed by atoms with van der Waals surface area (Å²) >= 11 is 6.00. The van der Waals surface area contributed by atoms with Crippen molar-refractivity contribution < 1.29 is 9.53 Å². The molecule has 0 saturated heterocycles. The van der Waals surface area contributed by atoms with Crippen molar-refractivity contribution in [2.75, 3.05) is 6.61 Å². The lowest BCUT2D eigenvalue weighted by Crippen LogP contribution is -2.08. The van der Waals surface area contributed by atoms with Gasteiger partial charge in [-0.2, -0.15) is 10.1 Å². The van der Waals surface area contributed by atoms with Crippen molar-refractivity contribution in [1.29, 1.82) is 0 Å². The fourth-order valence-corrected chi connectivity index (χ4v) is 1.94. The fraction of sp³-hybridized carbons (Fsp3) is 0.364. The Labute approximate surface area is 103 Å². The molecule has 0 saturated carbocycles. The van der Waals surface area contributed by atoms with Crippen LogP contribution in [0.4, 0.5) is 0 Å². The summed E-state index contributed by atoms with van der Waals surface area (Å²) in [6, 6.07) is 1.75. The molecule has 0 spiro atoms. The SMILES string of the molecule is CC(=O)COc1cc(C)c2c(Cl)nn(C)c2n1. The third kappa shape index (κ3) is 2.24. The number of aryl methyl sites for hydroxylation is 2. The van der Waals surface area contributed by atoms with E-state index in [1.807, 2.05) is 6.92 Å². The smallest absolute Gasteiger partial charge is 0.215 e. The van der Waals surface area contributed by atoms with Crippen molar-refractivity contribution in [3.63, 3.8) is 0 Å². The van der Waals surface area contributed by atoms with Gasteiger partial charge in [-0.15, -0.1) is 0 Å². The Morgan fingerprint density at radius 1 is 1.59 bits per heavy atom. The van der Waals surface area contributed by atoms with Gasteiger partial charge in [-0.1, -0.05) is 11.6 Å². The zero-order valence-corrected chi connectivity index (χ0v) is 10.6. The van der Waals surface area contributed by atoms with Crippen molar-refractivity contribution >= 4 is 28.4 Å². The van der Waals surface area contributed by atoms with E-state index in [1.54, 1.807) is 17.8 Å². The zero-order chi connectivity index (χ0) is 12.6. The third-order valence-electron chi connectivity index (χ3n) is 2.35. The van der Waals surface area contributed by atoms with E-state index < -0.39 is 0 Å². The van der Waals surface area contributed by atoms with Gasteiger partial charge in [0, 0.05) is 13.1 Å². The van der Waals surface area contributed by atoms with E-state index in [2.05, 4.69) is 10.1 Å². The lowest BCUT2D eigenvalue weighted by molar-refractivity contribution is -0.119. The highest BCUT2D eigenvalue weighted by atomic mass is 35.5. The maximum absolute atomic E-state index is 10.8. The Kier molecular flexibility index (Phi) is 3.02. The Morgan fingerprint density at radius 3 is 2.94 bits per heavy atom. The maximum atomic E-state index is 10.8. The van der Waals surface area contributed by atoms with Crippen LogP contribution >= 0.6 is 11.6 Å². The summed E-state index contributed by atoms with van der Waals surface area (Å²) in [7, 11) is 1.76. The minimum atomic E-state index is -0.0485. The molecule has 2 rings (SSSR count). The first-order chi connectivity index (χ1) is 7.99. The van der Waals surface area contributed by atoms with Gasteiger partial charge in [-0.05, 0) is 19.4 Å². The van der Waals surface area contributed by atoms with Gasteiger partial charge in [-0.25, -0.2) is 4.68 Å². The van der Waals surface area contributed by atoms with Crippen LogP contribution in [0.15, 0.2) is 6.07 Å². The monoisotopic (exact) mass is 253 g/mol. The van der Waals surface area contributed by atoms with E-state index in [1.165, 1.54) is 6.92 Å². The first-order valence-electron chi connectivity index (χ1n) is 5.11. The van der Waals surface area contributed by atoms with E-state index in [4.69, 9.17) is 16.3 Å². The van der Waals surface area contributed by atoms with Crippen LogP contribution in [0, 0.1) is 6.92 Å². The maximum Gasteiger partial charge on any atom is 0.215 e.